The van der Waals surface area contributed by atoms with Gasteiger partial charge in [0.2, 0.25) is 0 Å². The topological polar surface area (TPSA) is 64.1 Å². The summed E-state index contributed by atoms with van der Waals surface area (Å²) in [5.74, 6) is 0.703. The average molecular weight is 233 g/mol. The minimum atomic E-state index is 0.416. The minimum Gasteiger partial charge on any atom is -0.397 e. The molecule has 1 aromatic rings. The summed E-state index contributed by atoms with van der Waals surface area (Å²) in [5.41, 5.74) is 14.6. The molecular weight excluding hydrogens is 210 g/mol. The minimum absolute atomic E-state index is 0.416. The van der Waals surface area contributed by atoms with Gasteiger partial charge >= 0.3 is 0 Å². The molecule has 0 aromatic heterocycles. The van der Waals surface area contributed by atoms with Crippen molar-refractivity contribution < 1.29 is 0 Å². The van der Waals surface area contributed by atoms with E-state index in [1.807, 2.05) is 18.2 Å². The molecule has 3 heteroatoms. The standard InChI is InChI=1S/C14H23N3/c1-13(2)12(14(13,3)4)8-17-9-5-6-10(15)11(16)7-9/h5-7,12,17H,8,15-16H2,1-4H3. The van der Waals surface area contributed by atoms with Gasteiger partial charge in [0.25, 0.3) is 0 Å². The smallest absolute Gasteiger partial charge is 0.0568 e. The molecule has 1 saturated carbocycles. The van der Waals surface area contributed by atoms with Gasteiger partial charge in [-0.15, -0.1) is 0 Å². The van der Waals surface area contributed by atoms with E-state index in [0.717, 1.165) is 12.2 Å². The fourth-order valence-electron chi connectivity index (χ4n) is 2.75. The van der Waals surface area contributed by atoms with Crippen molar-refractivity contribution in [3.05, 3.63) is 18.2 Å². The lowest BCUT2D eigenvalue weighted by molar-refractivity contribution is 0.457. The van der Waals surface area contributed by atoms with E-state index in [1.165, 1.54) is 0 Å². The van der Waals surface area contributed by atoms with E-state index in [1.54, 1.807) is 0 Å². The van der Waals surface area contributed by atoms with Gasteiger partial charge in [0.05, 0.1) is 11.4 Å². The van der Waals surface area contributed by atoms with Gasteiger partial charge in [0.1, 0.15) is 0 Å². The molecule has 2 rings (SSSR count). The zero-order valence-electron chi connectivity index (χ0n) is 11.2. The van der Waals surface area contributed by atoms with Crippen molar-refractivity contribution in [1.82, 2.24) is 0 Å². The van der Waals surface area contributed by atoms with Crippen LogP contribution in [0.5, 0.6) is 0 Å². The third-order valence-corrected chi connectivity index (χ3v) is 4.92. The third-order valence-electron chi connectivity index (χ3n) is 4.92. The summed E-state index contributed by atoms with van der Waals surface area (Å²) in [6, 6.07) is 5.73. The van der Waals surface area contributed by atoms with Gasteiger partial charge in [-0.1, -0.05) is 27.7 Å². The van der Waals surface area contributed by atoms with E-state index in [0.29, 0.717) is 28.1 Å². The summed E-state index contributed by atoms with van der Waals surface area (Å²) in [5, 5.41) is 3.45. The van der Waals surface area contributed by atoms with Gasteiger partial charge in [-0.2, -0.15) is 0 Å². The first-order valence-electron chi connectivity index (χ1n) is 6.15. The van der Waals surface area contributed by atoms with Gasteiger partial charge < -0.3 is 16.8 Å². The van der Waals surface area contributed by atoms with E-state index in [9.17, 15) is 0 Å². The van der Waals surface area contributed by atoms with Crippen LogP contribution in [-0.4, -0.2) is 6.54 Å². The van der Waals surface area contributed by atoms with Crippen LogP contribution in [0.3, 0.4) is 0 Å². The van der Waals surface area contributed by atoms with Crippen molar-refractivity contribution in [2.75, 3.05) is 23.3 Å². The molecule has 0 unspecified atom stereocenters. The van der Waals surface area contributed by atoms with E-state index in [4.69, 9.17) is 11.5 Å². The molecule has 1 aliphatic carbocycles. The number of hydrogen-bond donors (Lipinski definition) is 3. The Kier molecular flexibility index (Phi) is 2.53. The largest absolute Gasteiger partial charge is 0.397 e. The average Bonchev–Trinajstić information content (AvgIpc) is 2.61. The number of nitrogens with two attached hydrogens (primary N) is 2. The molecule has 0 spiro atoms. The quantitative estimate of drug-likeness (QED) is 0.703. The van der Waals surface area contributed by atoms with Gasteiger partial charge in [0.15, 0.2) is 0 Å². The van der Waals surface area contributed by atoms with E-state index < -0.39 is 0 Å². The number of nitrogen functional groups attached to an aromatic ring is 2. The van der Waals surface area contributed by atoms with Crippen LogP contribution in [0, 0.1) is 16.7 Å². The van der Waals surface area contributed by atoms with E-state index in [2.05, 4.69) is 33.0 Å². The predicted molar refractivity (Wildman–Crippen MR) is 74.8 cm³/mol. The van der Waals surface area contributed by atoms with Crippen molar-refractivity contribution in [2.24, 2.45) is 16.7 Å². The first kappa shape index (κ1) is 12.1. The monoisotopic (exact) mass is 233 g/mol. The predicted octanol–water partition coefficient (Wildman–Crippen LogP) is 2.95. The van der Waals surface area contributed by atoms with Gasteiger partial charge in [-0.25, -0.2) is 0 Å². The van der Waals surface area contributed by atoms with Crippen LogP contribution < -0.4 is 16.8 Å². The second kappa shape index (κ2) is 3.56. The maximum absolute atomic E-state index is 5.78. The Balaban J connectivity index is 1.98. The van der Waals surface area contributed by atoms with Crippen molar-refractivity contribution in [1.29, 1.82) is 0 Å². The lowest BCUT2D eigenvalue weighted by atomic mass is 10.0. The van der Waals surface area contributed by atoms with Crippen LogP contribution in [0.25, 0.3) is 0 Å². The zero-order valence-corrected chi connectivity index (χ0v) is 11.2. The second-order valence-electron chi connectivity index (χ2n) is 6.22. The van der Waals surface area contributed by atoms with Crippen LogP contribution in [-0.2, 0) is 0 Å². The molecule has 0 bridgehead atoms. The molecule has 0 atom stereocenters. The van der Waals surface area contributed by atoms with Crippen LogP contribution in [0.2, 0.25) is 0 Å². The summed E-state index contributed by atoms with van der Waals surface area (Å²) in [6.45, 7) is 10.3. The number of nitrogens with one attached hydrogen (secondary N) is 1. The first-order valence-corrected chi connectivity index (χ1v) is 6.15. The molecule has 17 heavy (non-hydrogen) atoms. The normalized spacial score (nSPS) is 21.2. The maximum Gasteiger partial charge on any atom is 0.0568 e. The highest BCUT2D eigenvalue weighted by Gasteiger charge is 2.63. The van der Waals surface area contributed by atoms with Gasteiger partial charge in [-0.05, 0) is 34.9 Å². The van der Waals surface area contributed by atoms with Crippen molar-refractivity contribution >= 4 is 17.1 Å². The highest BCUT2D eigenvalue weighted by Crippen LogP contribution is 2.68. The Morgan fingerprint density at radius 3 is 2.12 bits per heavy atom. The molecule has 0 amide bonds. The molecule has 1 aromatic carbocycles. The zero-order chi connectivity index (χ0) is 12.8. The highest BCUT2D eigenvalue weighted by atomic mass is 14.9. The molecule has 1 aliphatic rings. The number of anilines is 3. The summed E-state index contributed by atoms with van der Waals surface area (Å²) in [7, 11) is 0. The molecular formula is C14H23N3. The third kappa shape index (κ3) is 1.84. The fraction of sp³-hybridized carbons (Fsp3) is 0.571. The number of hydrogen-bond acceptors (Lipinski definition) is 3. The Bertz CT molecular complexity index is 421. The lowest BCUT2D eigenvalue weighted by Crippen LogP contribution is -2.08. The number of benzene rings is 1. The Morgan fingerprint density at radius 2 is 1.65 bits per heavy atom. The molecule has 0 radical (unpaired) electrons. The lowest BCUT2D eigenvalue weighted by Gasteiger charge is -2.09. The van der Waals surface area contributed by atoms with Gasteiger partial charge in [-0.3, -0.25) is 0 Å². The summed E-state index contributed by atoms with van der Waals surface area (Å²) >= 11 is 0. The van der Waals surface area contributed by atoms with Crippen LogP contribution >= 0.6 is 0 Å². The molecule has 0 aliphatic heterocycles. The fourth-order valence-corrected chi connectivity index (χ4v) is 2.75. The van der Waals surface area contributed by atoms with E-state index in [-0.39, 0.29) is 0 Å². The maximum atomic E-state index is 5.78. The van der Waals surface area contributed by atoms with Crippen molar-refractivity contribution in [3.63, 3.8) is 0 Å². The summed E-state index contributed by atoms with van der Waals surface area (Å²) in [4.78, 5) is 0. The summed E-state index contributed by atoms with van der Waals surface area (Å²) in [6.07, 6.45) is 0. The molecule has 0 saturated heterocycles. The van der Waals surface area contributed by atoms with Crippen LogP contribution in [0.1, 0.15) is 27.7 Å². The Hall–Kier alpha value is -1.38. The number of rotatable bonds is 3. The van der Waals surface area contributed by atoms with Crippen molar-refractivity contribution in [2.45, 2.75) is 27.7 Å². The van der Waals surface area contributed by atoms with E-state index >= 15 is 0 Å². The first-order chi connectivity index (χ1) is 7.76. The second-order valence-corrected chi connectivity index (χ2v) is 6.22. The molecule has 3 nitrogen and oxygen atoms in total. The van der Waals surface area contributed by atoms with Crippen molar-refractivity contribution in [3.8, 4) is 0 Å². The molecule has 0 heterocycles. The molecule has 1 fully saturated rings. The van der Waals surface area contributed by atoms with Crippen LogP contribution in [0.15, 0.2) is 18.2 Å². The summed E-state index contributed by atoms with van der Waals surface area (Å²) < 4.78 is 0. The molecule has 5 N–H and O–H groups in total. The Morgan fingerprint density at radius 1 is 1.06 bits per heavy atom. The SMILES string of the molecule is CC1(C)C(CNc2ccc(N)c(N)c2)C1(C)C. The highest BCUT2D eigenvalue weighted by molar-refractivity contribution is 5.69. The Labute approximate surface area is 104 Å². The van der Waals surface area contributed by atoms with Crippen LogP contribution in [0.4, 0.5) is 17.1 Å². The van der Waals surface area contributed by atoms with Gasteiger partial charge in [0, 0.05) is 12.2 Å². The molecule has 94 valence electrons.